The van der Waals surface area contributed by atoms with Crippen LogP contribution in [0.15, 0.2) is 11.0 Å². The van der Waals surface area contributed by atoms with Crippen LogP contribution in [0.5, 0.6) is 5.75 Å². The number of amides is 1. The third kappa shape index (κ3) is 4.98. The van der Waals surface area contributed by atoms with Gasteiger partial charge in [0, 0.05) is 13.2 Å². The number of methoxy groups -OCH3 is 3. The van der Waals surface area contributed by atoms with Gasteiger partial charge < -0.3 is 33.2 Å². The lowest BCUT2D eigenvalue weighted by Gasteiger charge is -2.32. The van der Waals surface area contributed by atoms with Crippen molar-refractivity contribution in [2.45, 2.75) is 38.5 Å². The highest BCUT2D eigenvalue weighted by Gasteiger charge is 2.40. The third-order valence-electron chi connectivity index (χ3n) is 4.74. The van der Waals surface area contributed by atoms with E-state index in [1.54, 1.807) is 27.8 Å². The first-order valence-electron chi connectivity index (χ1n) is 9.50. The molecule has 11 nitrogen and oxygen atoms in total. The molecule has 1 amide bonds. The van der Waals surface area contributed by atoms with Crippen molar-refractivity contribution >= 4 is 18.0 Å². The first-order valence-corrected chi connectivity index (χ1v) is 9.50. The van der Waals surface area contributed by atoms with Crippen LogP contribution in [0.3, 0.4) is 0 Å². The van der Waals surface area contributed by atoms with Crippen molar-refractivity contribution in [3.8, 4) is 5.75 Å². The molecule has 1 aromatic heterocycles. The van der Waals surface area contributed by atoms with E-state index in [9.17, 15) is 19.2 Å². The fraction of sp³-hybridized carbons (Fsp3) is 0.600. The fourth-order valence-corrected chi connectivity index (χ4v) is 3.25. The highest BCUT2D eigenvalue weighted by atomic mass is 16.6. The molecule has 0 N–H and O–H groups in total. The summed E-state index contributed by atoms with van der Waals surface area (Å²) in [5.41, 5.74) is -2.07. The normalized spacial score (nSPS) is 18.3. The average molecular weight is 440 g/mol. The van der Waals surface area contributed by atoms with Gasteiger partial charge in [-0.2, -0.15) is 0 Å². The van der Waals surface area contributed by atoms with Gasteiger partial charge in [-0.05, 0) is 20.8 Å². The van der Waals surface area contributed by atoms with Crippen LogP contribution in [0.25, 0.3) is 0 Å². The summed E-state index contributed by atoms with van der Waals surface area (Å²) in [6.07, 6.45) is 0.604. The van der Waals surface area contributed by atoms with E-state index in [4.69, 9.17) is 18.9 Å². The summed E-state index contributed by atoms with van der Waals surface area (Å²) in [5.74, 6) is -2.12. The number of hydrogen-bond donors (Lipinski definition) is 0. The van der Waals surface area contributed by atoms with E-state index in [2.05, 4.69) is 4.74 Å². The standard InChI is InChI=1S/C20H28N2O9/c1-20(2,3)31-19(26)21(4)12-9-30-10-13(12)22-8-11(17(24)28-6)15(23)16(27-5)14(22)18(25)29-7/h8,12-13H,9-10H2,1-7H3/t12-,13-/m1/s1. The summed E-state index contributed by atoms with van der Waals surface area (Å²) < 4.78 is 27.0. The van der Waals surface area contributed by atoms with Crippen LogP contribution in [0.2, 0.25) is 0 Å². The zero-order valence-electron chi connectivity index (χ0n) is 18.7. The summed E-state index contributed by atoms with van der Waals surface area (Å²) in [6.45, 7) is 5.46. The van der Waals surface area contributed by atoms with Crippen molar-refractivity contribution in [1.82, 2.24) is 9.47 Å². The summed E-state index contributed by atoms with van der Waals surface area (Å²) in [7, 11) is 5.02. The van der Waals surface area contributed by atoms with Crippen molar-refractivity contribution in [1.29, 1.82) is 0 Å². The monoisotopic (exact) mass is 440 g/mol. The first-order chi connectivity index (χ1) is 14.5. The minimum atomic E-state index is -0.899. The number of ether oxygens (including phenoxy) is 5. The molecule has 11 heteroatoms. The first kappa shape index (κ1) is 24.2. The van der Waals surface area contributed by atoms with Crippen LogP contribution in [0.4, 0.5) is 4.79 Å². The maximum atomic E-state index is 12.7. The number of hydrogen-bond acceptors (Lipinski definition) is 9. The van der Waals surface area contributed by atoms with Crippen LogP contribution in [-0.4, -0.2) is 80.7 Å². The number of esters is 2. The molecule has 2 atom stereocenters. The van der Waals surface area contributed by atoms with E-state index in [1.165, 1.54) is 22.8 Å². The Hall–Kier alpha value is -3.08. The number of likely N-dealkylation sites (N-methyl/N-ethyl adjacent to an activating group) is 1. The van der Waals surface area contributed by atoms with Crippen molar-refractivity contribution in [2.24, 2.45) is 0 Å². The predicted octanol–water partition coefficient (Wildman–Crippen LogP) is 1.24. The molecule has 31 heavy (non-hydrogen) atoms. The van der Waals surface area contributed by atoms with Gasteiger partial charge in [-0.25, -0.2) is 14.4 Å². The van der Waals surface area contributed by atoms with Gasteiger partial charge in [-0.15, -0.1) is 0 Å². The molecule has 0 saturated carbocycles. The molecule has 1 saturated heterocycles. The fourth-order valence-electron chi connectivity index (χ4n) is 3.25. The summed E-state index contributed by atoms with van der Waals surface area (Å²) in [5, 5.41) is 0. The van der Waals surface area contributed by atoms with Crippen LogP contribution < -0.4 is 10.2 Å². The van der Waals surface area contributed by atoms with Gasteiger partial charge in [0.05, 0.1) is 46.6 Å². The minimum absolute atomic E-state index is 0.0917. The largest absolute Gasteiger partial charge is 0.491 e. The van der Waals surface area contributed by atoms with E-state index in [0.717, 1.165) is 14.2 Å². The van der Waals surface area contributed by atoms with Gasteiger partial charge in [0.2, 0.25) is 5.43 Å². The molecular weight excluding hydrogens is 412 g/mol. The molecule has 1 aromatic rings. The van der Waals surface area contributed by atoms with E-state index < -0.39 is 41.1 Å². The van der Waals surface area contributed by atoms with Crippen molar-refractivity contribution in [3.63, 3.8) is 0 Å². The number of aromatic nitrogens is 1. The topological polar surface area (TPSA) is 123 Å². The highest BCUT2D eigenvalue weighted by molar-refractivity contribution is 5.94. The molecule has 0 aliphatic carbocycles. The Balaban J connectivity index is 2.63. The predicted molar refractivity (Wildman–Crippen MR) is 108 cm³/mol. The lowest BCUT2D eigenvalue weighted by Crippen LogP contribution is -2.45. The Bertz CT molecular complexity index is 916. The smallest absolute Gasteiger partial charge is 0.410 e. The van der Waals surface area contributed by atoms with Crippen LogP contribution in [-0.2, 0) is 18.9 Å². The van der Waals surface area contributed by atoms with Gasteiger partial charge in [0.25, 0.3) is 0 Å². The van der Waals surface area contributed by atoms with Crippen LogP contribution in [0, 0.1) is 0 Å². The van der Waals surface area contributed by atoms with Gasteiger partial charge in [-0.3, -0.25) is 4.79 Å². The number of rotatable bonds is 5. The van der Waals surface area contributed by atoms with Crippen LogP contribution in [0.1, 0.15) is 47.7 Å². The van der Waals surface area contributed by atoms with E-state index in [-0.39, 0.29) is 30.2 Å². The van der Waals surface area contributed by atoms with E-state index in [0.29, 0.717) is 0 Å². The Morgan fingerprint density at radius 2 is 1.71 bits per heavy atom. The maximum absolute atomic E-state index is 12.7. The molecule has 0 unspecified atom stereocenters. The SMILES string of the molecule is COC(=O)c1cn([C@@H]2COC[C@H]2N(C)C(=O)OC(C)(C)C)c(C(=O)OC)c(OC)c1=O. The minimum Gasteiger partial charge on any atom is -0.491 e. The molecule has 2 rings (SSSR count). The lowest BCUT2D eigenvalue weighted by atomic mass is 10.1. The zero-order chi connectivity index (χ0) is 23.5. The Morgan fingerprint density at radius 1 is 1.10 bits per heavy atom. The molecule has 0 bridgehead atoms. The molecular formula is C20H28N2O9. The summed E-state index contributed by atoms with van der Waals surface area (Å²) >= 11 is 0. The van der Waals surface area contributed by atoms with Gasteiger partial charge in [-0.1, -0.05) is 0 Å². The van der Waals surface area contributed by atoms with Gasteiger partial charge in [0.1, 0.15) is 11.2 Å². The number of pyridine rings is 1. The second kappa shape index (κ2) is 9.38. The molecule has 1 aliphatic heterocycles. The second-order valence-corrected chi connectivity index (χ2v) is 7.91. The van der Waals surface area contributed by atoms with Crippen molar-refractivity contribution in [3.05, 3.63) is 27.7 Å². The quantitative estimate of drug-likeness (QED) is 0.491. The van der Waals surface area contributed by atoms with E-state index >= 15 is 0 Å². The summed E-state index contributed by atoms with van der Waals surface area (Å²) in [6, 6.07) is -1.22. The highest BCUT2D eigenvalue weighted by Crippen LogP contribution is 2.29. The molecule has 0 radical (unpaired) electrons. The molecule has 1 fully saturated rings. The number of carbonyl (C=O) groups is 3. The Labute approximate surface area is 179 Å². The van der Waals surface area contributed by atoms with Gasteiger partial charge in [0.15, 0.2) is 11.4 Å². The molecule has 172 valence electrons. The van der Waals surface area contributed by atoms with Crippen LogP contribution >= 0.6 is 0 Å². The molecule has 0 aromatic carbocycles. The van der Waals surface area contributed by atoms with Gasteiger partial charge >= 0.3 is 18.0 Å². The molecule has 1 aliphatic rings. The molecule has 2 heterocycles. The number of nitrogens with zero attached hydrogens (tertiary/aromatic N) is 2. The average Bonchev–Trinajstić information content (AvgIpc) is 3.19. The third-order valence-corrected chi connectivity index (χ3v) is 4.74. The molecule has 0 spiro atoms. The second-order valence-electron chi connectivity index (χ2n) is 7.91. The lowest BCUT2D eigenvalue weighted by molar-refractivity contribution is 0.0186. The van der Waals surface area contributed by atoms with Crippen molar-refractivity contribution < 1.29 is 38.1 Å². The zero-order valence-corrected chi connectivity index (χ0v) is 18.7. The number of carbonyl (C=O) groups excluding carboxylic acids is 3. The Morgan fingerprint density at radius 3 is 2.23 bits per heavy atom. The maximum Gasteiger partial charge on any atom is 0.410 e. The van der Waals surface area contributed by atoms with E-state index in [1.807, 2.05) is 0 Å². The van der Waals surface area contributed by atoms with Crippen molar-refractivity contribution in [2.75, 3.05) is 41.6 Å². The summed E-state index contributed by atoms with van der Waals surface area (Å²) in [4.78, 5) is 51.4. The Kier molecular flexibility index (Phi) is 7.32.